The third kappa shape index (κ3) is 3.33. The minimum Gasteiger partial charge on any atom is -0.480 e. The monoisotopic (exact) mass is 371 g/mol. The smallest absolute Gasteiger partial charge is 0.320 e. The maximum Gasteiger partial charge on any atom is 0.320 e. The van der Waals surface area contributed by atoms with E-state index in [4.69, 9.17) is 4.52 Å². The molecule has 8 heteroatoms. The third-order valence-electron chi connectivity index (χ3n) is 3.50. The number of carboxylic acids is 1. The Morgan fingerprint density at radius 3 is 3.10 bits per heavy atom. The molecule has 0 aromatic carbocycles. The first kappa shape index (κ1) is 14.7. The third-order valence-corrected chi connectivity index (χ3v) is 5.12. The molecule has 0 spiro atoms. The summed E-state index contributed by atoms with van der Waals surface area (Å²) in [6.45, 7) is 1.13. The molecule has 3 heterocycles. The van der Waals surface area contributed by atoms with E-state index in [1.54, 1.807) is 0 Å². The molecule has 0 bridgehead atoms. The Morgan fingerprint density at radius 1 is 1.52 bits per heavy atom. The number of carboxylic acid groups (broad SMARTS) is 1. The Hall–Kier alpha value is -1.25. The minimum absolute atomic E-state index is 0.385. The number of aliphatic carboxylic acids is 1. The number of carbonyl (C=O) groups is 1. The molecule has 6 nitrogen and oxygen atoms in total. The highest BCUT2D eigenvalue weighted by molar-refractivity contribution is 9.11. The van der Waals surface area contributed by atoms with E-state index in [0.29, 0.717) is 24.7 Å². The highest BCUT2D eigenvalue weighted by atomic mass is 79.9. The highest BCUT2D eigenvalue weighted by Gasteiger charge is 2.29. The van der Waals surface area contributed by atoms with Gasteiger partial charge in [0, 0.05) is 0 Å². The summed E-state index contributed by atoms with van der Waals surface area (Å²) in [5, 5.41) is 13.2. The van der Waals surface area contributed by atoms with Crippen LogP contribution in [0.3, 0.4) is 0 Å². The summed E-state index contributed by atoms with van der Waals surface area (Å²) in [4.78, 5) is 18.4. The van der Waals surface area contributed by atoms with Crippen LogP contribution in [-0.2, 0) is 11.3 Å². The standard InChI is InChI=1S/C13H14BrN3O3S/c14-10-5-4-9(21-10)12-15-11(20-16-12)7-17-6-2-1-3-8(17)13(18)19/h4-5,8H,1-3,6-7H2,(H,18,19). The molecule has 2 aromatic rings. The van der Waals surface area contributed by atoms with Crippen molar-refractivity contribution >= 4 is 33.2 Å². The fourth-order valence-electron chi connectivity index (χ4n) is 2.49. The van der Waals surface area contributed by atoms with E-state index in [1.807, 2.05) is 17.0 Å². The maximum absolute atomic E-state index is 11.3. The fraction of sp³-hybridized carbons (Fsp3) is 0.462. The molecule has 0 amide bonds. The number of hydrogen-bond donors (Lipinski definition) is 1. The molecule has 21 heavy (non-hydrogen) atoms. The Morgan fingerprint density at radius 2 is 2.38 bits per heavy atom. The van der Waals surface area contributed by atoms with Crippen molar-refractivity contribution in [3.63, 3.8) is 0 Å². The van der Waals surface area contributed by atoms with Crippen LogP contribution in [0.2, 0.25) is 0 Å². The van der Waals surface area contributed by atoms with Crippen molar-refractivity contribution in [1.82, 2.24) is 15.0 Å². The normalized spacial score (nSPS) is 19.8. The van der Waals surface area contributed by atoms with Crippen LogP contribution in [0.4, 0.5) is 0 Å². The maximum atomic E-state index is 11.3. The highest BCUT2D eigenvalue weighted by Crippen LogP contribution is 2.29. The van der Waals surface area contributed by atoms with Crippen LogP contribution < -0.4 is 0 Å². The van der Waals surface area contributed by atoms with Gasteiger partial charge in [0.2, 0.25) is 11.7 Å². The molecule has 0 saturated carbocycles. The van der Waals surface area contributed by atoms with Crippen molar-refractivity contribution in [2.24, 2.45) is 0 Å². The van der Waals surface area contributed by atoms with Crippen LogP contribution in [0.5, 0.6) is 0 Å². The summed E-state index contributed by atoms with van der Waals surface area (Å²) in [6, 6.07) is 3.40. The molecule has 1 fully saturated rings. The van der Waals surface area contributed by atoms with Gasteiger partial charge in [0.1, 0.15) is 6.04 Å². The quantitative estimate of drug-likeness (QED) is 0.889. The van der Waals surface area contributed by atoms with Gasteiger partial charge in [-0.25, -0.2) is 0 Å². The van der Waals surface area contributed by atoms with Crippen molar-refractivity contribution in [2.45, 2.75) is 31.8 Å². The Kier molecular flexibility index (Phi) is 4.37. The zero-order valence-electron chi connectivity index (χ0n) is 11.2. The van der Waals surface area contributed by atoms with Crippen LogP contribution in [0, 0.1) is 0 Å². The molecular formula is C13H14BrN3O3S. The molecule has 1 N–H and O–H groups in total. The summed E-state index contributed by atoms with van der Waals surface area (Å²) in [7, 11) is 0. The van der Waals surface area contributed by atoms with E-state index >= 15 is 0 Å². The molecule has 112 valence electrons. The number of halogens is 1. The van der Waals surface area contributed by atoms with Crippen LogP contribution in [0.15, 0.2) is 20.4 Å². The second kappa shape index (κ2) is 6.25. The lowest BCUT2D eigenvalue weighted by Crippen LogP contribution is -2.44. The van der Waals surface area contributed by atoms with Crippen LogP contribution in [-0.4, -0.2) is 38.7 Å². The number of rotatable bonds is 4. The van der Waals surface area contributed by atoms with Gasteiger partial charge in [-0.3, -0.25) is 9.69 Å². The van der Waals surface area contributed by atoms with E-state index in [9.17, 15) is 9.90 Å². The van der Waals surface area contributed by atoms with Crippen molar-refractivity contribution in [3.05, 3.63) is 21.8 Å². The molecule has 0 radical (unpaired) electrons. The molecule has 1 atom stereocenters. The molecule has 1 saturated heterocycles. The molecule has 2 aromatic heterocycles. The van der Waals surface area contributed by atoms with E-state index in [-0.39, 0.29) is 0 Å². The van der Waals surface area contributed by atoms with Crippen molar-refractivity contribution in [2.75, 3.05) is 6.54 Å². The predicted octanol–water partition coefficient (Wildman–Crippen LogP) is 3.00. The Labute approximate surface area is 133 Å². The van der Waals surface area contributed by atoms with Gasteiger partial charge in [-0.15, -0.1) is 11.3 Å². The van der Waals surface area contributed by atoms with E-state index in [1.165, 1.54) is 11.3 Å². The average molecular weight is 372 g/mol. The topological polar surface area (TPSA) is 79.5 Å². The number of hydrogen-bond acceptors (Lipinski definition) is 6. The number of likely N-dealkylation sites (tertiary alicyclic amines) is 1. The Balaban J connectivity index is 1.73. The molecule has 1 unspecified atom stereocenters. The molecule has 1 aliphatic heterocycles. The van der Waals surface area contributed by atoms with Gasteiger partial charge < -0.3 is 9.63 Å². The molecular weight excluding hydrogens is 358 g/mol. The van der Waals surface area contributed by atoms with Gasteiger partial charge in [0.05, 0.1) is 15.2 Å². The van der Waals surface area contributed by atoms with E-state index in [2.05, 4.69) is 26.1 Å². The predicted molar refractivity (Wildman–Crippen MR) is 81.0 cm³/mol. The molecule has 1 aliphatic rings. The van der Waals surface area contributed by atoms with E-state index in [0.717, 1.165) is 28.0 Å². The summed E-state index contributed by atoms with van der Waals surface area (Å²) < 4.78 is 6.26. The lowest BCUT2D eigenvalue weighted by molar-refractivity contribution is -0.145. The van der Waals surface area contributed by atoms with Crippen molar-refractivity contribution < 1.29 is 14.4 Å². The van der Waals surface area contributed by atoms with Gasteiger partial charge in [0.25, 0.3) is 0 Å². The summed E-state index contributed by atoms with van der Waals surface area (Å²) >= 11 is 4.93. The van der Waals surface area contributed by atoms with Crippen molar-refractivity contribution in [3.8, 4) is 10.7 Å². The Bertz CT molecular complexity index is 642. The number of thiophene rings is 1. The SMILES string of the molecule is O=C(O)C1CCCCN1Cc1nc(-c2ccc(Br)s2)no1. The van der Waals surface area contributed by atoms with Crippen molar-refractivity contribution in [1.29, 1.82) is 0 Å². The number of aromatic nitrogens is 2. The average Bonchev–Trinajstić information content (AvgIpc) is 3.08. The van der Waals surface area contributed by atoms with Crippen LogP contribution in [0.25, 0.3) is 10.7 Å². The zero-order chi connectivity index (χ0) is 14.8. The number of piperidine rings is 1. The first-order valence-corrected chi connectivity index (χ1v) is 8.29. The summed E-state index contributed by atoms with van der Waals surface area (Å²) in [5.41, 5.74) is 0. The zero-order valence-corrected chi connectivity index (χ0v) is 13.6. The molecule has 3 rings (SSSR count). The minimum atomic E-state index is -0.781. The lowest BCUT2D eigenvalue weighted by atomic mass is 10.0. The van der Waals surface area contributed by atoms with Crippen LogP contribution in [0.1, 0.15) is 25.2 Å². The van der Waals surface area contributed by atoms with E-state index < -0.39 is 12.0 Å². The lowest BCUT2D eigenvalue weighted by Gasteiger charge is -2.31. The second-order valence-corrected chi connectivity index (χ2v) is 7.40. The van der Waals surface area contributed by atoms with Gasteiger partial charge in [-0.1, -0.05) is 11.6 Å². The van der Waals surface area contributed by atoms with Gasteiger partial charge >= 0.3 is 5.97 Å². The summed E-state index contributed by atoms with van der Waals surface area (Å²) in [5.74, 6) is 0.226. The number of nitrogens with zero attached hydrogens (tertiary/aromatic N) is 3. The molecule has 0 aliphatic carbocycles. The van der Waals surface area contributed by atoms with Gasteiger partial charge in [-0.05, 0) is 47.4 Å². The second-order valence-electron chi connectivity index (χ2n) is 4.94. The van der Waals surface area contributed by atoms with Crippen LogP contribution >= 0.6 is 27.3 Å². The van der Waals surface area contributed by atoms with Gasteiger partial charge in [0.15, 0.2) is 0 Å². The largest absolute Gasteiger partial charge is 0.480 e. The first-order valence-electron chi connectivity index (χ1n) is 6.68. The van der Waals surface area contributed by atoms with Gasteiger partial charge in [-0.2, -0.15) is 4.98 Å². The summed E-state index contributed by atoms with van der Waals surface area (Å²) in [6.07, 6.45) is 2.63. The first-order chi connectivity index (χ1) is 10.1. The fourth-order valence-corrected chi connectivity index (χ4v) is 3.80.